The lowest BCUT2D eigenvalue weighted by atomic mass is 10.7. The second kappa shape index (κ2) is 2.39. The van der Waals surface area contributed by atoms with Crippen LogP contribution >= 0.6 is 21.2 Å². The third-order valence-electron chi connectivity index (χ3n) is 0.959. The summed E-state index contributed by atoms with van der Waals surface area (Å²) in [4.78, 5) is 0. The molecule has 3 heteroatoms. The highest BCUT2D eigenvalue weighted by molar-refractivity contribution is 14.1. The van der Waals surface area contributed by atoms with Crippen molar-refractivity contribution in [2.75, 3.05) is 0 Å². The molecule has 0 bridgehead atoms. The van der Waals surface area contributed by atoms with Gasteiger partial charge in [-0.25, -0.2) is 0 Å². The maximum atomic E-state index is 10.3. The van der Waals surface area contributed by atoms with Gasteiger partial charge in [0.25, 0.3) is 0 Å². The number of rotatable bonds is 1. The molecule has 1 rings (SSSR count). The number of hydrogen-bond donors (Lipinski definition) is 0. The van der Waals surface area contributed by atoms with Crippen molar-refractivity contribution in [3.8, 4) is 0 Å². The molecule has 0 spiro atoms. The summed E-state index contributed by atoms with van der Waals surface area (Å²) in [5.41, 5.74) is 0. The van der Waals surface area contributed by atoms with Gasteiger partial charge in [0.15, 0.2) is 0 Å². The molecule has 0 atom stereocenters. The van der Waals surface area contributed by atoms with Gasteiger partial charge in [0.2, 0.25) is 21.2 Å². The van der Waals surface area contributed by atoms with E-state index in [0.717, 1.165) is 3.70 Å². The Morgan fingerprint density at radius 1 is 1.75 bits per heavy atom. The molecule has 0 aliphatic rings. The molecular formula is C5H6INO. The minimum absolute atomic E-state index is 0.948. The van der Waals surface area contributed by atoms with Crippen LogP contribution in [0, 0.1) is 3.70 Å². The van der Waals surface area contributed by atoms with Gasteiger partial charge < -0.3 is 4.57 Å². The monoisotopic (exact) mass is 223 g/mol. The van der Waals surface area contributed by atoms with Crippen molar-refractivity contribution in [1.29, 1.82) is 0 Å². The third kappa shape index (κ3) is 0.964. The van der Waals surface area contributed by atoms with Gasteiger partial charge in [0.1, 0.15) is 3.70 Å². The van der Waals surface area contributed by atoms with Gasteiger partial charge in [-0.05, 0) is 12.1 Å². The number of aryl methyl sites for hydroxylation is 1. The summed E-state index contributed by atoms with van der Waals surface area (Å²) in [5, 5.41) is 0. The number of aromatic nitrogens is 1. The molecule has 1 aromatic heterocycles. The van der Waals surface area contributed by atoms with Crippen LogP contribution in [0.15, 0.2) is 18.3 Å². The van der Waals surface area contributed by atoms with E-state index < -0.39 is 21.2 Å². The summed E-state index contributed by atoms with van der Waals surface area (Å²) in [6, 6.07) is 3.77. The first-order chi connectivity index (χ1) is 3.84. The van der Waals surface area contributed by atoms with E-state index in [1.165, 1.54) is 0 Å². The minimum Gasteiger partial charge on any atom is -0.344 e. The molecule has 1 aromatic rings. The number of halogens is 1. The average Bonchev–Trinajstić information content (AvgIpc) is 2.14. The van der Waals surface area contributed by atoms with Crippen LogP contribution in [0.2, 0.25) is 0 Å². The summed E-state index contributed by atoms with van der Waals surface area (Å²) >= 11 is -0.962. The lowest BCUT2D eigenvalue weighted by molar-refractivity contribution is 0.647. The third-order valence-corrected chi connectivity index (χ3v) is 2.53. The standard InChI is InChI=1S/C5H6INO/c1-7-4-2-3-5(7)6-8/h2-4H,1H3. The lowest BCUT2D eigenvalue weighted by Gasteiger charge is -1.87. The fourth-order valence-corrected chi connectivity index (χ4v) is 1.35. The molecule has 0 radical (unpaired) electrons. The molecule has 0 saturated carbocycles. The zero-order valence-electron chi connectivity index (χ0n) is 4.47. The predicted octanol–water partition coefficient (Wildman–Crippen LogP) is 1.51. The van der Waals surface area contributed by atoms with E-state index in [1.807, 2.05) is 29.9 Å². The van der Waals surface area contributed by atoms with Gasteiger partial charge in [-0.15, -0.1) is 0 Å². The van der Waals surface area contributed by atoms with Gasteiger partial charge >= 0.3 is 0 Å². The second-order valence-electron chi connectivity index (χ2n) is 1.52. The Kier molecular flexibility index (Phi) is 1.77. The van der Waals surface area contributed by atoms with Crippen LogP contribution in [0.3, 0.4) is 0 Å². The molecule has 44 valence electrons. The average molecular weight is 223 g/mol. The SMILES string of the molecule is Cn1cccc1I=O. The molecule has 2 nitrogen and oxygen atoms in total. The summed E-state index contributed by atoms with van der Waals surface area (Å²) < 4.78 is 13.1. The minimum atomic E-state index is -0.962. The molecular weight excluding hydrogens is 217 g/mol. The highest BCUT2D eigenvalue weighted by Crippen LogP contribution is 2.07. The van der Waals surface area contributed by atoms with Crippen molar-refractivity contribution >= 4 is 21.2 Å². The van der Waals surface area contributed by atoms with E-state index in [4.69, 9.17) is 0 Å². The fourth-order valence-electron chi connectivity index (χ4n) is 0.520. The Morgan fingerprint density at radius 2 is 2.50 bits per heavy atom. The molecule has 0 saturated heterocycles. The van der Waals surface area contributed by atoms with Crippen LogP contribution in [-0.4, -0.2) is 4.57 Å². The first-order valence-corrected chi connectivity index (χ1v) is 4.19. The summed E-state index contributed by atoms with van der Waals surface area (Å²) in [6.45, 7) is 0. The van der Waals surface area contributed by atoms with Crippen LogP contribution in [0.5, 0.6) is 0 Å². The van der Waals surface area contributed by atoms with E-state index in [0.29, 0.717) is 0 Å². The molecule has 0 unspecified atom stereocenters. The Bertz CT molecular complexity index is 194. The Morgan fingerprint density at radius 3 is 2.75 bits per heavy atom. The molecule has 0 amide bonds. The Balaban J connectivity index is 3.09. The highest BCUT2D eigenvalue weighted by Gasteiger charge is 1.90. The normalized spacial score (nSPS) is 9.62. The molecule has 0 N–H and O–H groups in total. The van der Waals surface area contributed by atoms with E-state index in [2.05, 4.69) is 0 Å². The molecule has 0 fully saturated rings. The van der Waals surface area contributed by atoms with E-state index >= 15 is 0 Å². The second-order valence-corrected chi connectivity index (χ2v) is 3.06. The molecule has 1 heterocycles. The van der Waals surface area contributed by atoms with Gasteiger partial charge in [-0.2, -0.15) is 0 Å². The van der Waals surface area contributed by atoms with E-state index in [-0.39, 0.29) is 0 Å². The van der Waals surface area contributed by atoms with Crippen molar-refractivity contribution in [3.63, 3.8) is 0 Å². The van der Waals surface area contributed by atoms with Crippen LogP contribution < -0.4 is 0 Å². The lowest BCUT2D eigenvalue weighted by Crippen LogP contribution is -1.85. The largest absolute Gasteiger partial charge is 0.344 e. The van der Waals surface area contributed by atoms with Crippen molar-refractivity contribution in [1.82, 2.24) is 4.57 Å². The first-order valence-electron chi connectivity index (χ1n) is 2.23. The maximum absolute atomic E-state index is 10.3. The van der Waals surface area contributed by atoms with E-state index in [9.17, 15) is 3.07 Å². The first kappa shape index (κ1) is 5.94. The highest BCUT2D eigenvalue weighted by atomic mass is 127. The number of hydrogen-bond acceptors (Lipinski definition) is 1. The predicted molar refractivity (Wildman–Crippen MR) is 38.8 cm³/mol. The maximum Gasteiger partial charge on any atom is 0.200 e. The topological polar surface area (TPSA) is 22.0 Å². The fraction of sp³-hybridized carbons (Fsp3) is 0.200. The molecule has 0 aliphatic carbocycles. The quantitative estimate of drug-likeness (QED) is 0.661. The van der Waals surface area contributed by atoms with Crippen molar-refractivity contribution < 1.29 is 3.07 Å². The van der Waals surface area contributed by atoms with Gasteiger partial charge in [-0.3, -0.25) is 3.07 Å². The van der Waals surface area contributed by atoms with Crippen LogP contribution in [0.25, 0.3) is 0 Å². The Hall–Kier alpha value is -0.190. The Labute approximate surface area is 58.2 Å². The summed E-state index contributed by atoms with van der Waals surface area (Å²) in [7, 11) is 1.90. The molecule has 0 aliphatic heterocycles. The van der Waals surface area contributed by atoms with Crippen LogP contribution in [0.1, 0.15) is 0 Å². The summed E-state index contributed by atoms with van der Waals surface area (Å²) in [6.07, 6.45) is 1.90. The van der Waals surface area contributed by atoms with Gasteiger partial charge in [0, 0.05) is 13.2 Å². The van der Waals surface area contributed by atoms with Crippen molar-refractivity contribution in [2.24, 2.45) is 7.05 Å². The zero-order chi connectivity index (χ0) is 5.98. The smallest absolute Gasteiger partial charge is 0.200 e. The van der Waals surface area contributed by atoms with Gasteiger partial charge in [0.05, 0.1) is 0 Å². The molecule has 8 heavy (non-hydrogen) atoms. The van der Waals surface area contributed by atoms with Gasteiger partial charge in [-0.1, -0.05) is 0 Å². The molecule has 0 aromatic carbocycles. The zero-order valence-corrected chi connectivity index (χ0v) is 6.62. The van der Waals surface area contributed by atoms with Crippen LogP contribution in [0.4, 0.5) is 0 Å². The van der Waals surface area contributed by atoms with Crippen LogP contribution in [-0.2, 0) is 10.1 Å². The summed E-state index contributed by atoms with van der Waals surface area (Å²) in [5.74, 6) is 0. The van der Waals surface area contributed by atoms with Crippen molar-refractivity contribution in [2.45, 2.75) is 0 Å². The number of nitrogens with zero attached hydrogens (tertiary/aromatic N) is 1. The van der Waals surface area contributed by atoms with Crippen molar-refractivity contribution in [3.05, 3.63) is 22.0 Å². The van der Waals surface area contributed by atoms with E-state index in [1.54, 1.807) is 0 Å².